The lowest BCUT2D eigenvalue weighted by atomic mass is 9.91. The van der Waals surface area contributed by atoms with Gasteiger partial charge in [-0.3, -0.25) is 0 Å². The molecule has 0 saturated heterocycles. The first kappa shape index (κ1) is 20.0. The van der Waals surface area contributed by atoms with Gasteiger partial charge in [0.2, 0.25) is 5.69 Å². The molecule has 0 saturated carbocycles. The molecular formula is C29H25N2O+. The summed E-state index contributed by atoms with van der Waals surface area (Å²) in [5.41, 5.74) is 9.22. The lowest BCUT2D eigenvalue weighted by Crippen LogP contribution is -2.30. The van der Waals surface area contributed by atoms with Crippen LogP contribution in [0.1, 0.15) is 36.5 Å². The number of hydrogen-bond acceptors (Lipinski definition) is 2. The highest BCUT2D eigenvalue weighted by molar-refractivity contribution is 6.16. The Morgan fingerprint density at radius 2 is 1.75 bits per heavy atom. The van der Waals surface area contributed by atoms with Crippen molar-refractivity contribution >= 4 is 21.9 Å². The maximum atomic E-state index is 9.50. The molecule has 0 unspecified atom stereocenters. The highest BCUT2D eigenvalue weighted by atomic mass is 16.3. The molecule has 2 heterocycles. The number of furan rings is 1. The first-order valence-electron chi connectivity index (χ1n) is 10.9. The summed E-state index contributed by atoms with van der Waals surface area (Å²) in [6, 6.07) is 25.2. The SMILES string of the molecule is Cc1cc(-c2ccc(C(C)C)cc2)c2c(oc3ccc(C#N)cc32)c1-c1cccc[n+]1C. The Morgan fingerprint density at radius 3 is 2.44 bits per heavy atom. The average Bonchev–Trinajstić information content (AvgIpc) is 3.17. The van der Waals surface area contributed by atoms with E-state index in [2.05, 4.69) is 87.1 Å². The Morgan fingerprint density at radius 1 is 0.969 bits per heavy atom. The fourth-order valence-corrected chi connectivity index (χ4v) is 4.53. The van der Waals surface area contributed by atoms with Gasteiger partial charge in [0.1, 0.15) is 18.2 Å². The number of rotatable bonds is 3. The first-order valence-corrected chi connectivity index (χ1v) is 10.9. The second kappa shape index (κ2) is 7.66. The van der Waals surface area contributed by atoms with E-state index in [4.69, 9.17) is 4.42 Å². The molecule has 0 radical (unpaired) electrons. The van der Waals surface area contributed by atoms with Crippen molar-refractivity contribution in [2.45, 2.75) is 26.7 Å². The minimum atomic E-state index is 0.485. The topological polar surface area (TPSA) is 40.8 Å². The summed E-state index contributed by atoms with van der Waals surface area (Å²) in [6.07, 6.45) is 2.05. The predicted molar refractivity (Wildman–Crippen MR) is 129 cm³/mol. The van der Waals surface area contributed by atoms with Crippen LogP contribution in [-0.2, 0) is 7.05 Å². The zero-order valence-electron chi connectivity index (χ0n) is 18.8. The summed E-state index contributed by atoms with van der Waals surface area (Å²) < 4.78 is 8.59. The van der Waals surface area contributed by atoms with E-state index in [0.29, 0.717) is 11.5 Å². The van der Waals surface area contributed by atoms with Crippen molar-refractivity contribution in [3.63, 3.8) is 0 Å². The van der Waals surface area contributed by atoms with Crippen molar-refractivity contribution < 1.29 is 8.98 Å². The molecule has 0 aliphatic carbocycles. The molecule has 0 amide bonds. The third-order valence-electron chi connectivity index (χ3n) is 6.27. The van der Waals surface area contributed by atoms with Gasteiger partial charge in [-0.1, -0.05) is 38.1 Å². The molecule has 5 aromatic rings. The van der Waals surface area contributed by atoms with E-state index >= 15 is 0 Å². The summed E-state index contributed by atoms with van der Waals surface area (Å²) in [6.45, 7) is 6.56. The Balaban J connectivity index is 1.90. The first-order chi connectivity index (χ1) is 15.5. The Bertz CT molecular complexity index is 1520. The lowest BCUT2D eigenvalue weighted by molar-refractivity contribution is -0.660. The molecule has 0 aliphatic heterocycles. The highest BCUT2D eigenvalue weighted by Gasteiger charge is 2.23. The third kappa shape index (κ3) is 3.16. The standard InChI is InChI=1S/C29H25N2O/c1-18(2)21-9-11-22(12-10-21)23-15-19(3)27(25-7-5-6-14-31(25)4)29-28(23)24-16-20(17-30)8-13-26(24)32-29/h5-16,18H,1-4H3/q+1. The third-order valence-corrected chi connectivity index (χ3v) is 6.27. The average molecular weight is 418 g/mol. The minimum Gasteiger partial charge on any atom is -0.455 e. The van der Waals surface area contributed by atoms with Crippen LogP contribution in [0.25, 0.3) is 44.3 Å². The van der Waals surface area contributed by atoms with Gasteiger partial charge < -0.3 is 4.42 Å². The van der Waals surface area contributed by atoms with Gasteiger partial charge in [0.25, 0.3) is 0 Å². The second-order valence-electron chi connectivity index (χ2n) is 8.72. The number of aromatic nitrogens is 1. The van der Waals surface area contributed by atoms with Crippen LogP contribution in [0, 0.1) is 18.3 Å². The monoisotopic (exact) mass is 417 g/mol. The fraction of sp³-hybridized carbons (Fsp3) is 0.172. The van der Waals surface area contributed by atoms with Gasteiger partial charge in [-0.15, -0.1) is 0 Å². The number of nitrogens with zero attached hydrogens (tertiary/aromatic N) is 2. The molecule has 156 valence electrons. The maximum absolute atomic E-state index is 9.50. The van der Waals surface area contributed by atoms with Crippen LogP contribution in [0.4, 0.5) is 0 Å². The molecule has 0 spiro atoms. The number of fused-ring (bicyclic) bond motifs is 3. The molecule has 5 rings (SSSR count). The van der Waals surface area contributed by atoms with Gasteiger partial charge in [-0.25, -0.2) is 4.57 Å². The Kier molecular flexibility index (Phi) is 4.79. The molecule has 3 nitrogen and oxygen atoms in total. The number of pyridine rings is 1. The van der Waals surface area contributed by atoms with Gasteiger partial charge in [-0.05, 0) is 65.4 Å². The fourth-order valence-electron chi connectivity index (χ4n) is 4.53. The normalized spacial score (nSPS) is 11.4. The van der Waals surface area contributed by atoms with E-state index in [1.165, 1.54) is 5.56 Å². The molecule has 3 aromatic carbocycles. The van der Waals surface area contributed by atoms with E-state index in [9.17, 15) is 5.26 Å². The Labute approximate surface area is 188 Å². The van der Waals surface area contributed by atoms with Crippen molar-refractivity contribution in [3.8, 4) is 28.5 Å². The Hall–Kier alpha value is -3.90. The molecule has 32 heavy (non-hydrogen) atoms. The van der Waals surface area contributed by atoms with Crippen molar-refractivity contribution in [2.24, 2.45) is 7.05 Å². The summed E-state index contributed by atoms with van der Waals surface area (Å²) >= 11 is 0. The molecule has 0 atom stereocenters. The van der Waals surface area contributed by atoms with Crippen LogP contribution in [-0.4, -0.2) is 0 Å². The quantitative estimate of drug-likeness (QED) is 0.295. The van der Waals surface area contributed by atoms with E-state index in [1.54, 1.807) is 0 Å². The van der Waals surface area contributed by atoms with Gasteiger partial charge in [0.15, 0.2) is 6.20 Å². The van der Waals surface area contributed by atoms with Gasteiger partial charge in [0.05, 0.1) is 17.2 Å². The van der Waals surface area contributed by atoms with E-state index < -0.39 is 0 Å². The molecule has 0 N–H and O–H groups in total. The zero-order chi connectivity index (χ0) is 22.4. The number of benzene rings is 3. The maximum Gasteiger partial charge on any atom is 0.216 e. The predicted octanol–water partition coefficient (Wildman–Crippen LogP) is 7.05. The van der Waals surface area contributed by atoms with E-state index in [-0.39, 0.29) is 0 Å². The molecule has 0 fully saturated rings. The van der Waals surface area contributed by atoms with Crippen LogP contribution < -0.4 is 4.57 Å². The largest absolute Gasteiger partial charge is 0.455 e. The zero-order valence-corrected chi connectivity index (χ0v) is 18.8. The van der Waals surface area contributed by atoms with Crippen LogP contribution in [0.5, 0.6) is 0 Å². The van der Waals surface area contributed by atoms with Crippen molar-refractivity contribution in [3.05, 3.63) is 89.6 Å². The van der Waals surface area contributed by atoms with Crippen molar-refractivity contribution in [1.82, 2.24) is 0 Å². The van der Waals surface area contributed by atoms with Crippen LogP contribution >= 0.6 is 0 Å². The molecule has 2 aromatic heterocycles. The molecule has 3 heteroatoms. The van der Waals surface area contributed by atoms with E-state index in [1.807, 2.05) is 24.3 Å². The van der Waals surface area contributed by atoms with Gasteiger partial charge >= 0.3 is 0 Å². The molecule has 0 bridgehead atoms. The van der Waals surface area contributed by atoms with Crippen LogP contribution in [0.2, 0.25) is 0 Å². The van der Waals surface area contributed by atoms with Crippen molar-refractivity contribution in [1.29, 1.82) is 5.26 Å². The number of nitriles is 1. The summed E-state index contributed by atoms with van der Waals surface area (Å²) in [5.74, 6) is 0.485. The van der Waals surface area contributed by atoms with Gasteiger partial charge in [-0.2, -0.15) is 5.26 Å². The molecule has 0 aliphatic rings. The van der Waals surface area contributed by atoms with Crippen molar-refractivity contribution in [2.75, 3.05) is 0 Å². The summed E-state index contributed by atoms with van der Waals surface area (Å²) in [5, 5.41) is 11.5. The summed E-state index contributed by atoms with van der Waals surface area (Å²) in [4.78, 5) is 0. The van der Waals surface area contributed by atoms with Crippen LogP contribution in [0.15, 0.2) is 77.3 Å². The van der Waals surface area contributed by atoms with Gasteiger partial charge in [0, 0.05) is 22.9 Å². The minimum absolute atomic E-state index is 0.485. The smallest absolute Gasteiger partial charge is 0.216 e. The van der Waals surface area contributed by atoms with Crippen LogP contribution in [0.3, 0.4) is 0 Å². The number of aryl methyl sites for hydroxylation is 2. The molecular weight excluding hydrogens is 392 g/mol. The highest BCUT2D eigenvalue weighted by Crippen LogP contribution is 2.43. The number of hydrogen-bond donors (Lipinski definition) is 0. The van der Waals surface area contributed by atoms with E-state index in [0.717, 1.165) is 49.9 Å². The lowest BCUT2D eigenvalue weighted by Gasteiger charge is -2.12. The summed E-state index contributed by atoms with van der Waals surface area (Å²) in [7, 11) is 2.05. The second-order valence-corrected chi connectivity index (χ2v) is 8.72.